The molecule has 0 saturated carbocycles. The summed E-state index contributed by atoms with van der Waals surface area (Å²) in [5, 5.41) is 0. The molecule has 1 aliphatic rings. The standard InChI is InChI=1S/C9H9BrFN/c1-12-4-6-2-7(11)3-9(10)8(6)5-12/h2-3H,4-5H2,1H3. The lowest BCUT2D eigenvalue weighted by Gasteiger charge is -2.03. The maximum Gasteiger partial charge on any atom is 0.124 e. The lowest BCUT2D eigenvalue weighted by atomic mass is 10.1. The van der Waals surface area contributed by atoms with E-state index in [1.165, 1.54) is 11.6 Å². The molecular formula is C9H9BrFN. The van der Waals surface area contributed by atoms with E-state index in [9.17, 15) is 4.39 Å². The molecule has 0 N–H and O–H groups in total. The zero-order valence-corrected chi connectivity index (χ0v) is 8.36. The third kappa shape index (κ3) is 1.27. The summed E-state index contributed by atoms with van der Waals surface area (Å²) in [4.78, 5) is 2.16. The molecule has 1 aliphatic heterocycles. The first kappa shape index (κ1) is 8.20. The second kappa shape index (κ2) is 2.82. The molecule has 0 radical (unpaired) electrons. The Labute approximate surface area is 79.3 Å². The fourth-order valence-electron chi connectivity index (χ4n) is 1.59. The van der Waals surface area contributed by atoms with Crippen LogP contribution in [0.1, 0.15) is 11.1 Å². The molecule has 1 heterocycles. The molecule has 12 heavy (non-hydrogen) atoms. The maximum absolute atomic E-state index is 12.9. The van der Waals surface area contributed by atoms with Gasteiger partial charge in [-0.1, -0.05) is 15.9 Å². The number of hydrogen-bond acceptors (Lipinski definition) is 1. The van der Waals surface area contributed by atoms with Gasteiger partial charge in [0.05, 0.1) is 0 Å². The van der Waals surface area contributed by atoms with Crippen molar-refractivity contribution in [3.63, 3.8) is 0 Å². The van der Waals surface area contributed by atoms with E-state index in [1.807, 2.05) is 7.05 Å². The molecule has 0 atom stereocenters. The Morgan fingerprint density at radius 1 is 1.42 bits per heavy atom. The van der Waals surface area contributed by atoms with E-state index in [1.54, 1.807) is 6.07 Å². The van der Waals surface area contributed by atoms with Gasteiger partial charge in [0.1, 0.15) is 5.82 Å². The molecule has 0 aliphatic carbocycles. The number of nitrogens with zero attached hydrogens (tertiary/aromatic N) is 1. The van der Waals surface area contributed by atoms with Crippen LogP contribution in [-0.4, -0.2) is 11.9 Å². The van der Waals surface area contributed by atoms with Crippen molar-refractivity contribution in [1.82, 2.24) is 4.90 Å². The normalized spacial score (nSPS) is 16.6. The van der Waals surface area contributed by atoms with Gasteiger partial charge in [-0.25, -0.2) is 4.39 Å². The summed E-state index contributed by atoms with van der Waals surface area (Å²) in [7, 11) is 2.03. The van der Waals surface area contributed by atoms with Crippen LogP contribution >= 0.6 is 15.9 Å². The predicted molar refractivity (Wildman–Crippen MR) is 49.3 cm³/mol. The number of halogens is 2. The summed E-state index contributed by atoms with van der Waals surface area (Å²) in [5.74, 6) is -0.157. The van der Waals surface area contributed by atoms with E-state index in [0.717, 1.165) is 23.1 Å². The molecule has 1 aromatic rings. The number of benzene rings is 1. The van der Waals surface area contributed by atoms with Crippen molar-refractivity contribution in [2.24, 2.45) is 0 Å². The zero-order valence-electron chi connectivity index (χ0n) is 6.77. The Morgan fingerprint density at radius 3 is 2.92 bits per heavy atom. The van der Waals surface area contributed by atoms with Crippen LogP contribution in [0.3, 0.4) is 0 Å². The molecule has 0 amide bonds. The quantitative estimate of drug-likeness (QED) is 0.661. The number of fused-ring (bicyclic) bond motifs is 1. The highest BCUT2D eigenvalue weighted by molar-refractivity contribution is 9.10. The molecule has 0 unspecified atom stereocenters. The minimum absolute atomic E-state index is 0.157. The topological polar surface area (TPSA) is 3.24 Å². The highest BCUT2D eigenvalue weighted by Gasteiger charge is 2.18. The van der Waals surface area contributed by atoms with Crippen molar-refractivity contribution in [3.8, 4) is 0 Å². The van der Waals surface area contributed by atoms with Crippen LogP contribution in [-0.2, 0) is 13.1 Å². The van der Waals surface area contributed by atoms with E-state index in [-0.39, 0.29) is 5.82 Å². The molecule has 0 fully saturated rings. The predicted octanol–water partition coefficient (Wildman–Crippen LogP) is 2.53. The smallest absolute Gasteiger partial charge is 0.124 e. The van der Waals surface area contributed by atoms with Gasteiger partial charge in [0.15, 0.2) is 0 Å². The molecule has 0 bridgehead atoms. The summed E-state index contributed by atoms with van der Waals surface area (Å²) in [5.41, 5.74) is 2.32. The molecule has 3 heteroatoms. The minimum Gasteiger partial charge on any atom is -0.298 e. The largest absolute Gasteiger partial charge is 0.298 e. The number of rotatable bonds is 0. The minimum atomic E-state index is -0.157. The van der Waals surface area contributed by atoms with Gasteiger partial charge in [0.25, 0.3) is 0 Å². The third-order valence-corrected chi connectivity index (χ3v) is 2.83. The van der Waals surface area contributed by atoms with Gasteiger partial charge in [-0.2, -0.15) is 0 Å². The van der Waals surface area contributed by atoms with Gasteiger partial charge in [-0.15, -0.1) is 0 Å². The highest BCUT2D eigenvalue weighted by Crippen LogP contribution is 2.29. The third-order valence-electron chi connectivity index (χ3n) is 2.12. The van der Waals surface area contributed by atoms with E-state index in [0.29, 0.717) is 0 Å². The molecule has 0 spiro atoms. The summed E-state index contributed by atoms with van der Waals surface area (Å²) < 4.78 is 13.8. The summed E-state index contributed by atoms with van der Waals surface area (Å²) >= 11 is 3.36. The van der Waals surface area contributed by atoms with Crippen molar-refractivity contribution in [2.45, 2.75) is 13.1 Å². The molecule has 0 aromatic heterocycles. The first-order valence-corrected chi connectivity index (χ1v) is 4.61. The van der Waals surface area contributed by atoms with Crippen molar-refractivity contribution in [1.29, 1.82) is 0 Å². The molecule has 1 aromatic carbocycles. The van der Waals surface area contributed by atoms with Crippen LogP contribution in [0, 0.1) is 5.82 Å². The lowest BCUT2D eigenvalue weighted by Crippen LogP contribution is -2.07. The molecule has 2 rings (SSSR count). The Bertz CT molecular complexity index is 325. The Kier molecular flexibility index (Phi) is 1.93. The molecule has 64 valence electrons. The fourth-order valence-corrected chi connectivity index (χ4v) is 2.19. The molecule has 0 saturated heterocycles. The van der Waals surface area contributed by atoms with Crippen LogP contribution in [0.25, 0.3) is 0 Å². The van der Waals surface area contributed by atoms with Crippen molar-refractivity contribution in [3.05, 3.63) is 33.5 Å². The van der Waals surface area contributed by atoms with Gasteiger partial charge in [-0.05, 0) is 30.3 Å². The summed E-state index contributed by atoms with van der Waals surface area (Å²) in [6, 6.07) is 3.14. The van der Waals surface area contributed by atoms with E-state index >= 15 is 0 Å². The number of hydrogen-bond donors (Lipinski definition) is 0. The van der Waals surface area contributed by atoms with E-state index in [2.05, 4.69) is 20.8 Å². The average Bonchev–Trinajstić information content (AvgIpc) is 2.29. The van der Waals surface area contributed by atoms with Gasteiger partial charge >= 0.3 is 0 Å². The molecular weight excluding hydrogens is 221 g/mol. The summed E-state index contributed by atoms with van der Waals surface area (Å²) in [6.07, 6.45) is 0. The fraction of sp³-hybridized carbons (Fsp3) is 0.333. The second-order valence-corrected chi connectivity index (χ2v) is 4.05. The Hall–Kier alpha value is -0.410. The van der Waals surface area contributed by atoms with Crippen LogP contribution in [0.4, 0.5) is 4.39 Å². The SMILES string of the molecule is CN1Cc2cc(F)cc(Br)c2C1. The second-order valence-electron chi connectivity index (χ2n) is 3.20. The van der Waals surface area contributed by atoms with Crippen molar-refractivity contribution >= 4 is 15.9 Å². The molecule has 1 nitrogen and oxygen atoms in total. The van der Waals surface area contributed by atoms with Crippen LogP contribution in [0.15, 0.2) is 16.6 Å². The summed E-state index contributed by atoms with van der Waals surface area (Å²) in [6.45, 7) is 1.77. The van der Waals surface area contributed by atoms with Gasteiger partial charge in [0, 0.05) is 17.6 Å². The van der Waals surface area contributed by atoms with Gasteiger partial charge in [-0.3, -0.25) is 4.90 Å². The van der Waals surface area contributed by atoms with Crippen molar-refractivity contribution < 1.29 is 4.39 Å². The lowest BCUT2D eigenvalue weighted by molar-refractivity contribution is 0.352. The Balaban J connectivity index is 2.52. The van der Waals surface area contributed by atoms with Crippen LogP contribution < -0.4 is 0 Å². The van der Waals surface area contributed by atoms with Crippen LogP contribution in [0.5, 0.6) is 0 Å². The highest BCUT2D eigenvalue weighted by atomic mass is 79.9. The van der Waals surface area contributed by atoms with Gasteiger partial charge in [0.2, 0.25) is 0 Å². The van der Waals surface area contributed by atoms with Crippen molar-refractivity contribution in [2.75, 3.05) is 7.05 Å². The average molecular weight is 230 g/mol. The van der Waals surface area contributed by atoms with Crippen LogP contribution in [0.2, 0.25) is 0 Å². The van der Waals surface area contributed by atoms with Gasteiger partial charge < -0.3 is 0 Å². The van der Waals surface area contributed by atoms with E-state index < -0.39 is 0 Å². The Morgan fingerprint density at radius 2 is 2.17 bits per heavy atom. The zero-order chi connectivity index (χ0) is 8.72. The monoisotopic (exact) mass is 229 g/mol. The first-order valence-electron chi connectivity index (χ1n) is 3.82. The first-order chi connectivity index (χ1) is 5.66. The van der Waals surface area contributed by atoms with E-state index in [4.69, 9.17) is 0 Å². The maximum atomic E-state index is 12.9.